The van der Waals surface area contributed by atoms with Gasteiger partial charge in [-0.05, 0) is 31.4 Å². The lowest BCUT2D eigenvalue weighted by Crippen LogP contribution is -2.37. The van der Waals surface area contributed by atoms with E-state index in [9.17, 15) is 4.79 Å². The fourth-order valence-corrected chi connectivity index (χ4v) is 3.61. The van der Waals surface area contributed by atoms with E-state index in [0.717, 1.165) is 38.2 Å². The first-order valence-electron chi connectivity index (χ1n) is 6.82. The predicted molar refractivity (Wildman–Crippen MR) is 77.6 cm³/mol. The van der Waals surface area contributed by atoms with Crippen LogP contribution in [0.2, 0.25) is 0 Å². The van der Waals surface area contributed by atoms with Crippen molar-refractivity contribution in [3.8, 4) is 0 Å². The van der Waals surface area contributed by atoms with Gasteiger partial charge in [-0.3, -0.25) is 4.79 Å². The fourth-order valence-electron chi connectivity index (χ4n) is 2.62. The van der Waals surface area contributed by atoms with Crippen molar-refractivity contribution in [2.45, 2.75) is 24.2 Å². The first-order chi connectivity index (χ1) is 9.13. The maximum Gasteiger partial charge on any atom is 0.303 e. The number of aliphatic carboxylic acids is 1. The molecule has 1 atom stereocenters. The third-order valence-corrected chi connectivity index (χ3v) is 4.51. The van der Waals surface area contributed by atoms with Gasteiger partial charge >= 0.3 is 5.97 Å². The highest BCUT2D eigenvalue weighted by molar-refractivity contribution is 7.99. The molecule has 0 spiro atoms. The lowest BCUT2D eigenvalue weighted by atomic mass is 9.95. The van der Waals surface area contributed by atoms with Crippen LogP contribution in [0.3, 0.4) is 0 Å². The van der Waals surface area contributed by atoms with Gasteiger partial charge in [0, 0.05) is 49.6 Å². The number of likely N-dealkylation sites (tertiary alicyclic amines) is 1. The number of rotatable bonds is 6. The molecule has 1 aromatic rings. The molecule has 0 bridgehead atoms. The Bertz CT molecular complexity index is 419. The minimum atomic E-state index is -0.662. The van der Waals surface area contributed by atoms with E-state index in [1.807, 2.05) is 18.8 Å². The Morgan fingerprint density at radius 1 is 1.58 bits per heavy atom. The molecule has 0 aliphatic carbocycles. The number of piperidine rings is 1. The van der Waals surface area contributed by atoms with E-state index in [4.69, 9.17) is 5.11 Å². The zero-order valence-electron chi connectivity index (χ0n) is 11.4. The van der Waals surface area contributed by atoms with Crippen molar-refractivity contribution in [2.24, 2.45) is 13.0 Å². The Labute approximate surface area is 118 Å². The number of nitrogens with zero attached hydrogens (tertiary/aromatic N) is 2. The van der Waals surface area contributed by atoms with Crippen LogP contribution in [0.15, 0.2) is 23.4 Å². The minimum Gasteiger partial charge on any atom is -0.481 e. The summed E-state index contributed by atoms with van der Waals surface area (Å²) < 4.78 is 2.06. The van der Waals surface area contributed by atoms with Crippen LogP contribution in [0.1, 0.15) is 19.3 Å². The smallest absolute Gasteiger partial charge is 0.303 e. The highest BCUT2D eigenvalue weighted by Gasteiger charge is 2.21. The van der Waals surface area contributed by atoms with E-state index in [2.05, 4.69) is 27.9 Å². The average molecular weight is 282 g/mol. The fraction of sp³-hybridized carbons (Fsp3) is 0.643. The van der Waals surface area contributed by atoms with Crippen molar-refractivity contribution < 1.29 is 9.90 Å². The zero-order chi connectivity index (χ0) is 13.7. The standard InChI is InChI=1S/C14H22N2O2S/c1-15-6-4-13(11-15)19-8-7-16-5-2-3-12(10-16)9-14(17)18/h4,6,11-12H,2-3,5,7-10H2,1H3,(H,17,18). The van der Waals surface area contributed by atoms with E-state index in [1.165, 1.54) is 4.90 Å². The van der Waals surface area contributed by atoms with E-state index in [0.29, 0.717) is 12.3 Å². The summed E-state index contributed by atoms with van der Waals surface area (Å²) in [6.07, 6.45) is 6.71. The van der Waals surface area contributed by atoms with Gasteiger partial charge in [0.25, 0.3) is 0 Å². The molecule has 106 valence electrons. The number of aryl methyl sites for hydroxylation is 1. The van der Waals surface area contributed by atoms with Crippen molar-refractivity contribution in [1.29, 1.82) is 0 Å². The molecule has 1 saturated heterocycles. The molecular weight excluding hydrogens is 260 g/mol. The van der Waals surface area contributed by atoms with Gasteiger partial charge in [-0.25, -0.2) is 0 Å². The number of hydrogen-bond acceptors (Lipinski definition) is 3. The molecule has 0 saturated carbocycles. The quantitative estimate of drug-likeness (QED) is 0.813. The Kier molecular flexibility index (Phi) is 5.34. The number of aromatic nitrogens is 1. The molecule has 1 N–H and O–H groups in total. The lowest BCUT2D eigenvalue weighted by Gasteiger charge is -2.31. The predicted octanol–water partition coefficient (Wildman–Crippen LogP) is 2.30. The van der Waals surface area contributed by atoms with Crippen molar-refractivity contribution >= 4 is 17.7 Å². The van der Waals surface area contributed by atoms with Crippen LogP contribution in [0.5, 0.6) is 0 Å². The second-order valence-electron chi connectivity index (χ2n) is 5.27. The van der Waals surface area contributed by atoms with Crippen molar-refractivity contribution in [3.05, 3.63) is 18.5 Å². The summed E-state index contributed by atoms with van der Waals surface area (Å²) in [7, 11) is 2.03. The second-order valence-corrected chi connectivity index (χ2v) is 6.44. The van der Waals surface area contributed by atoms with Crippen LogP contribution < -0.4 is 0 Å². The molecule has 1 unspecified atom stereocenters. The Morgan fingerprint density at radius 3 is 3.11 bits per heavy atom. The van der Waals surface area contributed by atoms with Crippen LogP contribution in [-0.2, 0) is 11.8 Å². The Balaban J connectivity index is 1.69. The van der Waals surface area contributed by atoms with Crippen LogP contribution in [0, 0.1) is 5.92 Å². The van der Waals surface area contributed by atoms with Crippen molar-refractivity contribution in [2.75, 3.05) is 25.4 Å². The SMILES string of the molecule is Cn1ccc(SCCN2CCCC(CC(=O)O)C2)c1. The molecule has 2 heterocycles. The first kappa shape index (κ1) is 14.5. The van der Waals surface area contributed by atoms with E-state index < -0.39 is 5.97 Å². The third-order valence-electron chi connectivity index (χ3n) is 3.55. The number of carbonyl (C=O) groups is 1. The summed E-state index contributed by atoms with van der Waals surface area (Å²) in [6, 6.07) is 2.13. The van der Waals surface area contributed by atoms with Crippen LogP contribution >= 0.6 is 11.8 Å². The maximum atomic E-state index is 10.8. The molecule has 1 aliphatic rings. The highest BCUT2D eigenvalue weighted by atomic mass is 32.2. The summed E-state index contributed by atoms with van der Waals surface area (Å²) in [5.74, 6) is 0.752. The van der Waals surface area contributed by atoms with Crippen LogP contribution in [0.25, 0.3) is 0 Å². The Hall–Kier alpha value is -0.940. The monoisotopic (exact) mass is 282 g/mol. The second kappa shape index (κ2) is 7.01. The van der Waals surface area contributed by atoms with E-state index >= 15 is 0 Å². The molecule has 0 radical (unpaired) electrons. The lowest BCUT2D eigenvalue weighted by molar-refractivity contribution is -0.138. The van der Waals surface area contributed by atoms with Crippen molar-refractivity contribution in [1.82, 2.24) is 9.47 Å². The van der Waals surface area contributed by atoms with Gasteiger partial charge in [-0.15, -0.1) is 11.8 Å². The maximum absolute atomic E-state index is 10.8. The molecule has 5 heteroatoms. The summed E-state index contributed by atoms with van der Waals surface area (Å²) in [5.41, 5.74) is 0. The summed E-state index contributed by atoms with van der Waals surface area (Å²) in [5, 5.41) is 8.85. The number of hydrogen-bond donors (Lipinski definition) is 1. The van der Waals surface area contributed by atoms with E-state index in [-0.39, 0.29) is 0 Å². The van der Waals surface area contributed by atoms with Crippen LogP contribution in [-0.4, -0.2) is 45.9 Å². The van der Waals surface area contributed by atoms with Gasteiger partial charge in [0.1, 0.15) is 0 Å². The van der Waals surface area contributed by atoms with Gasteiger partial charge in [0.2, 0.25) is 0 Å². The summed E-state index contributed by atoms with van der Waals surface area (Å²) in [6.45, 7) is 3.11. The zero-order valence-corrected chi connectivity index (χ0v) is 12.2. The summed E-state index contributed by atoms with van der Waals surface area (Å²) >= 11 is 1.87. The third kappa shape index (κ3) is 4.91. The van der Waals surface area contributed by atoms with Gasteiger partial charge in [-0.1, -0.05) is 0 Å². The molecule has 1 aromatic heterocycles. The van der Waals surface area contributed by atoms with Crippen molar-refractivity contribution in [3.63, 3.8) is 0 Å². The topological polar surface area (TPSA) is 45.5 Å². The molecule has 1 fully saturated rings. The summed E-state index contributed by atoms with van der Waals surface area (Å²) in [4.78, 5) is 14.5. The highest BCUT2D eigenvalue weighted by Crippen LogP contribution is 2.22. The van der Waals surface area contributed by atoms with Gasteiger partial charge in [0.05, 0.1) is 0 Å². The normalized spacial score (nSPS) is 20.6. The largest absolute Gasteiger partial charge is 0.481 e. The number of thioether (sulfide) groups is 1. The molecule has 1 aliphatic heterocycles. The molecule has 0 aromatic carbocycles. The first-order valence-corrected chi connectivity index (χ1v) is 7.81. The average Bonchev–Trinajstić information content (AvgIpc) is 2.75. The van der Waals surface area contributed by atoms with Gasteiger partial charge < -0.3 is 14.6 Å². The molecular formula is C14H22N2O2S. The molecule has 19 heavy (non-hydrogen) atoms. The van der Waals surface area contributed by atoms with E-state index in [1.54, 1.807) is 0 Å². The van der Waals surface area contributed by atoms with Gasteiger partial charge in [-0.2, -0.15) is 0 Å². The molecule has 4 nitrogen and oxygen atoms in total. The number of carboxylic acids is 1. The number of carboxylic acid groups (broad SMARTS) is 1. The Morgan fingerprint density at radius 2 is 2.42 bits per heavy atom. The molecule has 2 rings (SSSR count). The minimum absolute atomic E-state index is 0.322. The van der Waals surface area contributed by atoms with Gasteiger partial charge in [0.15, 0.2) is 0 Å². The molecule has 0 amide bonds. The van der Waals surface area contributed by atoms with Crippen LogP contribution in [0.4, 0.5) is 0 Å².